The number of hydrogen-bond acceptors (Lipinski definition) is 3. The zero-order chi connectivity index (χ0) is 9.84. The highest BCUT2D eigenvalue weighted by molar-refractivity contribution is 8.00. The van der Waals surface area contributed by atoms with Gasteiger partial charge in [-0.15, -0.1) is 0 Å². The second kappa shape index (κ2) is 5.23. The Morgan fingerprint density at radius 2 is 2.08 bits per heavy atom. The van der Waals surface area contributed by atoms with E-state index < -0.39 is 0 Å². The van der Waals surface area contributed by atoms with Crippen molar-refractivity contribution in [3.63, 3.8) is 0 Å². The van der Waals surface area contributed by atoms with Gasteiger partial charge < -0.3 is 10.5 Å². The highest BCUT2D eigenvalue weighted by Gasteiger charge is 2.25. The van der Waals surface area contributed by atoms with Crippen LogP contribution < -0.4 is 5.73 Å². The molecule has 1 rings (SSSR count). The van der Waals surface area contributed by atoms with Crippen molar-refractivity contribution in [2.75, 3.05) is 13.2 Å². The maximum atomic E-state index is 6.03. The summed E-state index contributed by atoms with van der Waals surface area (Å²) in [5.41, 5.74) is 6.03. The van der Waals surface area contributed by atoms with Gasteiger partial charge in [0, 0.05) is 23.1 Å². The average molecular weight is 203 g/mol. The molecule has 1 aliphatic heterocycles. The third-order valence-corrected chi connectivity index (χ3v) is 4.49. The molecule has 0 aromatic heterocycles. The number of ether oxygens (including phenoxy) is 1. The van der Waals surface area contributed by atoms with Crippen LogP contribution in [0.2, 0.25) is 0 Å². The van der Waals surface area contributed by atoms with Gasteiger partial charge in [0.15, 0.2) is 0 Å². The molecule has 0 aromatic rings. The van der Waals surface area contributed by atoms with Gasteiger partial charge in [0.05, 0.1) is 6.61 Å². The Balaban J connectivity index is 2.33. The third kappa shape index (κ3) is 3.49. The summed E-state index contributed by atoms with van der Waals surface area (Å²) in [6.07, 6.45) is 1.02. The molecule has 1 fully saturated rings. The van der Waals surface area contributed by atoms with E-state index in [-0.39, 0.29) is 0 Å². The minimum Gasteiger partial charge on any atom is -0.380 e. The molecule has 1 heterocycles. The fraction of sp³-hybridized carbons (Fsp3) is 1.00. The normalized spacial score (nSPS) is 32.1. The van der Waals surface area contributed by atoms with Crippen LogP contribution >= 0.6 is 11.8 Å². The van der Waals surface area contributed by atoms with Crippen LogP contribution in [0.5, 0.6) is 0 Å². The van der Waals surface area contributed by atoms with Crippen molar-refractivity contribution in [1.29, 1.82) is 0 Å². The summed E-state index contributed by atoms with van der Waals surface area (Å²) < 4.78 is 5.43. The van der Waals surface area contributed by atoms with Gasteiger partial charge in [0.1, 0.15) is 0 Å². The summed E-state index contributed by atoms with van der Waals surface area (Å²) in [6.45, 7) is 8.47. The van der Waals surface area contributed by atoms with Crippen LogP contribution in [-0.4, -0.2) is 29.8 Å². The van der Waals surface area contributed by atoms with Crippen LogP contribution in [0.25, 0.3) is 0 Å². The number of thioether (sulfide) groups is 1. The monoisotopic (exact) mass is 203 g/mol. The predicted octanol–water partition coefficient (Wildman–Crippen LogP) is 1.88. The molecular weight excluding hydrogens is 182 g/mol. The molecule has 0 bridgehead atoms. The summed E-state index contributed by atoms with van der Waals surface area (Å²) in [4.78, 5) is 0. The smallest absolute Gasteiger partial charge is 0.0600 e. The predicted molar refractivity (Wildman–Crippen MR) is 59.1 cm³/mol. The van der Waals surface area contributed by atoms with Gasteiger partial charge in [-0.2, -0.15) is 11.8 Å². The van der Waals surface area contributed by atoms with Gasteiger partial charge in [0.25, 0.3) is 0 Å². The molecular formula is C10H21NOS. The maximum absolute atomic E-state index is 6.03. The molecule has 0 amide bonds. The summed E-state index contributed by atoms with van der Waals surface area (Å²) in [5, 5.41) is 1.18. The first kappa shape index (κ1) is 11.3. The van der Waals surface area contributed by atoms with Crippen molar-refractivity contribution in [3.05, 3.63) is 0 Å². The topological polar surface area (TPSA) is 35.2 Å². The molecule has 13 heavy (non-hydrogen) atoms. The van der Waals surface area contributed by atoms with Crippen molar-refractivity contribution in [2.45, 2.75) is 43.7 Å². The van der Waals surface area contributed by atoms with Gasteiger partial charge in [-0.05, 0) is 12.3 Å². The van der Waals surface area contributed by atoms with E-state index in [1.807, 2.05) is 11.8 Å². The van der Waals surface area contributed by atoms with Crippen molar-refractivity contribution in [3.8, 4) is 0 Å². The van der Waals surface area contributed by atoms with Gasteiger partial charge in [0.2, 0.25) is 0 Å². The lowest BCUT2D eigenvalue weighted by Crippen LogP contribution is -2.42. The van der Waals surface area contributed by atoms with E-state index in [0.717, 1.165) is 25.6 Å². The van der Waals surface area contributed by atoms with Crippen LogP contribution in [0.1, 0.15) is 27.2 Å². The van der Waals surface area contributed by atoms with E-state index in [4.69, 9.17) is 10.5 Å². The molecule has 2 nitrogen and oxygen atoms in total. The summed E-state index contributed by atoms with van der Waals surface area (Å²) >= 11 is 1.99. The lowest BCUT2D eigenvalue weighted by atomic mass is 10.1. The zero-order valence-corrected chi connectivity index (χ0v) is 9.64. The molecule has 1 saturated heterocycles. The fourth-order valence-corrected chi connectivity index (χ4v) is 2.68. The maximum Gasteiger partial charge on any atom is 0.0600 e. The van der Waals surface area contributed by atoms with Crippen LogP contribution in [0, 0.1) is 5.92 Å². The van der Waals surface area contributed by atoms with Crippen LogP contribution in [-0.2, 0) is 4.74 Å². The van der Waals surface area contributed by atoms with Gasteiger partial charge in [-0.25, -0.2) is 0 Å². The Labute approximate surface area is 85.6 Å². The quantitative estimate of drug-likeness (QED) is 0.760. The number of hydrogen-bond donors (Lipinski definition) is 1. The SMILES string of the molecule is CC(C)C(C)SC1COCCC1N. The molecule has 3 unspecified atom stereocenters. The van der Waals surface area contributed by atoms with E-state index in [9.17, 15) is 0 Å². The third-order valence-electron chi connectivity index (χ3n) is 2.68. The van der Waals surface area contributed by atoms with E-state index in [2.05, 4.69) is 20.8 Å². The Morgan fingerprint density at radius 1 is 1.38 bits per heavy atom. The molecule has 1 aliphatic rings. The van der Waals surface area contributed by atoms with E-state index in [1.54, 1.807) is 0 Å². The number of nitrogens with two attached hydrogens (primary N) is 1. The van der Waals surface area contributed by atoms with Crippen molar-refractivity contribution >= 4 is 11.8 Å². The van der Waals surface area contributed by atoms with Crippen LogP contribution in [0.3, 0.4) is 0 Å². The standard InChI is InChI=1S/C10H21NOS/c1-7(2)8(3)13-10-6-12-5-4-9(10)11/h7-10H,4-6,11H2,1-3H3. The number of rotatable bonds is 3. The lowest BCUT2D eigenvalue weighted by molar-refractivity contribution is 0.0914. The van der Waals surface area contributed by atoms with E-state index in [1.165, 1.54) is 0 Å². The minimum absolute atomic E-state index is 0.333. The second-order valence-corrected chi connectivity index (χ2v) is 5.77. The fourth-order valence-electron chi connectivity index (χ4n) is 1.30. The first-order chi connectivity index (χ1) is 6.11. The molecule has 0 radical (unpaired) electrons. The van der Waals surface area contributed by atoms with E-state index in [0.29, 0.717) is 16.5 Å². The van der Waals surface area contributed by atoms with Gasteiger partial charge in [-0.1, -0.05) is 20.8 Å². The molecule has 0 spiro atoms. The lowest BCUT2D eigenvalue weighted by Gasteiger charge is -2.31. The molecule has 0 saturated carbocycles. The average Bonchev–Trinajstić information content (AvgIpc) is 2.08. The van der Waals surface area contributed by atoms with Crippen molar-refractivity contribution in [2.24, 2.45) is 11.7 Å². The largest absolute Gasteiger partial charge is 0.380 e. The van der Waals surface area contributed by atoms with Gasteiger partial charge >= 0.3 is 0 Å². The summed E-state index contributed by atoms with van der Waals surface area (Å²) in [5.74, 6) is 0.721. The Morgan fingerprint density at radius 3 is 2.62 bits per heavy atom. The zero-order valence-electron chi connectivity index (χ0n) is 8.82. The Hall–Kier alpha value is 0.270. The first-order valence-electron chi connectivity index (χ1n) is 5.10. The molecule has 3 heteroatoms. The minimum atomic E-state index is 0.333. The second-order valence-electron chi connectivity index (χ2n) is 4.15. The molecule has 3 atom stereocenters. The molecule has 78 valence electrons. The Kier molecular flexibility index (Phi) is 4.56. The molecule has 0 aromatic carbocycles. The molecule has 0 aliphatic carbocycles. The highest BCUT2D eigenvalue weighted by atomic mass is 32.2. The summed E-state index contributed by atoms with van der Waals surface area (Å²) in [6, 6.07) is 0.333. The van der Waals surface area contributed by atoms with Crippen LogP contribution in [0.15, 0.2) is 0 Å². The Bertz CT molecular complexity index is 152. The molecule has 2 N–H and O–H groups in total. The van der Waals surface area contributed by atoms with E-state index >= 15 is 0 Å². The summed E-state index contributed by atoms with van der Waals surface area (Å²) in [7, 11) is 0. The van der Waals surface area contributed by atoms with Gasteiger partial charge in [-0.3, -0.25) is 0 Å². The first-order valence-corrected chi connectivity index (χ1v) is 6.04. The van der Waals surface area contributed by atoms with Crippen molar-refractivity contribution in [1.82, 2.24) is 0 Å². The highest BCUT2D eigenvalue weighted by Crippen LogP contribution is 2.28. The van der Waals surface area contributed by atoms with Crippen LogP contribution in [0.4, 0.5) is 0 Å². The van der Waals surface area contributed by atoms with Crippen molar-refractivity contribution < 1.29 is 4.74 Å².